The first-order valence-corrected chi connectivity index (χ1v) is 15.7. The van der Waals surface area contributed by atoms with Crippen molar-refractivity contribution in [2.45, 2.75) is 6.18 Å². The number of nitrogens with one attached hydrogen (secondary N) is 3. The highest BCUT2D eigenvalue weighted by Crippen LogP contribution is 2.41. The van der Waals surface area contributed by atoms with E-state index in [1.807, 2.05) is 0 Å². The largest absolute Gasteiger partial charge is 0.482 e. The van der Waals surface area contributed by atoms with Gasteiger partial charge in [-0.2, -0.15) is 28.2 Å². The summed E-state index contributed by atoms with van der Waals surface area (Å²) in [6.45, 7) is 1.60. The van der Waals surface area contributed by atoms with Gasteiger partial charge in [-0.3, -0.25) is 14.6 Å². The molecular weight excluding hydrogens is 601 g/mol. The second-order valence-electron chi connectivity index (χ2n) is 10.3. The number of H-pyrrole nitrogens is 1. The maximum absolute atomic E-state index is 15.1. The molecule has 4 heterocycles. The van der Waals surface area contributed by atoms with E-state index in [4.69, 9.17) is 4.74 Å². The van der Waals surface area contributed by atoms with Crippen molar-refractivity contribution in [3.63, 3.8) is 0 Å². The number of ether oxygens (including phenoxy) is 1. The van der Waals surface area contributed by atoms with Crippen LogP contribution in [0.5, 0.6) is 5.75 Å². The van der Waals surface area contributed by atoms with Gasteiger partial charge < -0.3 is 24.9 Å². The summed E-state index contributed by atoms with van der Waals surface area (Å²) < 4.78 is 74.1. The summed E-state index contributed by atoms with van der Waals surface area (Å²) in [5.74, 6) is -0.949. The molecule has 11 nitrogen and oxygen atoms in total. The minimum atomic E-state index is -4.66. The van der Waals surface area contributed by atoms with Crippen molar-refractivity contribution in [1.29, 1.82) is 0 Å². The molecule has 0 saturated heterocycles. The van der Waals surface area contributed by atoms with Gasteiger partial charge in [0.1, 0.15) is 35.7 Å². The SMILES string of the molecule is Cn1cc(-c2cc(Nc3nc(Nc4ccc5nccnc5c4P(C)(C)=O)c4cc[nH]c4n3)c(OCC(F)(F)F)cc2F)cn1. The topological polar surface area (TPSA) is 136 Å². The van der Waals surface area contributed by atoms with Crippen LogP contribution in [0.3, 0.4) is 0 Å². The molecule has 0 bridgehead atoms. The smallest absolute Gasteiger partial charge is 0.422 e. The lowest BCUT2D eigenvalue weighted by Gasteiger charge is -2.18. The number of aromatic nitrogens is 7. The molecule has 0 aliphatic rings. The van der Waals surface area contributed by atoms with Crippen molar-refractivity contribution in [2.24, 2.45) is 7.05 Å². The number of hydrogen-bond acceptors (Lipinski definition) is 9. The van der Waals surface area contributed by atoms with Crippen molar-refractivity contribution in [3.05, 3.63) is 67.1 Å². The zero-order chi connectivity index (χ0) is 31.2. The zero-order valence-electron chi connectivity index (χ0n) is 23.4. The molecular formula is C28H24F4N9O2P. The van der Waals surface area contributed by atoms with Crippen molar-refractivity contribution in [1.82, 2.24) is 34.7 Å². The number of hydrogen-bond donors (Lipinski definition) is 3. The van der Waals surface area contributed by atoms with Gasteiger partial charge in [0.15, 0.2) is 6.61 Å². The van der Waals surface area contributed by atoms with E-state index in [2.05, 4.69) is 40.7 Å². The van der Waals surface area contributed by atoms with Crippen molar-refractivity contribution in [2.75, 3.05) is 30.6 Å². The van der Waals surface area contributed by atoms with Crippen LogP contribution in [0.4, 0.5) is 40.7 Å². The Bertz CT molecular complexity index is 2070. The second-order valence-corrected chi connectivity index (χ2v) is 13.4. The van der Waals surface area contributed by atoms with Crippen molar-refractivity contribution < 1.29 is 26.9 Å². The summed E-state index contributed by atoms with van der Waals surface area (Å²) in [5.41, 5.74) is 2.37. The van der Waals surface area contributed by atoms with Crippen molar-refractivity contribution >= 4 is 57.7 Å². The first-order valence-electron chi connectivity index (χ1n) is 13.1. The van der Waals surface area contributed by atoms with E-state index in [-0.39, 0.29) is 17.2 Å². The highest BCUT2D eigenvalue weighted by molar-refractivity contribution is 7.71. The number of aromatic amines is 1. The van der Waals surface area contributed by atoms with Crippen LogP contribution in [-0.2, 0) is 11.6 Å². The lowest BCUT2D eigenvalue weighted by atomic mass is 10.1. The highest BCUT2D eigenvalue weighted by Gasteiger charge is 2.29. The molecule has 44 heavy (non-hydrogen) atoms. The van der Waals surface area contributed by atoms with Crippen LogP contribution in [0.1, 0.15) is 0 Å². The molecule has 0 fully saturated rings. The molecule has 0 radical (unpaired) electrons. The molecule has 2 aromatic carbocycles. The fourth-order valence-corrected chi connectivity index (χ4v) is 6.11. The number of fused-ring (bicyclic) bond motifs is 2. The fraction of sp³-hybridized carbons (Fsp3) is 0.179. The van der Waals surface area contributed by atoms with Gasteiger partial charge in [0, 0.05) is 49.0 Å². The Morgan fingerprint density at radius 1 is 1.05 bits per heavy atom. The average molecular weight is 626 g/mol. The van der Waals surface area contributed by atoms with Crippen LogP contribution in [0.25, 0.3) is 33.2 Å². The Morgan fingerprint density at radius 3 is 2.57 bits per heavy atom. The summed E-state index contributed by atoms with van der Waals surface area (Å²) in [5, 5.41) is 11.2. The fourth-order valence-electron chi connectivity index (χ4n) is 4.72. The van der Waals surface area contributed by atoms with Gasteiger partial charge in [-0.15, -0.1) is 0 Å². The molecule has 0 amide bonds. The van der Waals surface area contributed by atoms with E-state index < -0.39 is 31.5 Å². The molecule has 0 aliphatic heterocycles. The molecule has 4 aromatic heterocycles. The molecule has 0 saturated carbocycles. The summed E-state index contributed by atoms with van der Waals surface area (Å²) in [6.07, 6.45) is 3.03. The van der Waals surface area contributed by atoms with E-state index in [1.54, 1.807) is 57.2 Å². The number of alkyl halides is 3. The third kappa shape index (κ3) is 5.91. The molecule has 226 valence electrons. The van der Waals surface area contributed by atoms with Crippen molar-refractivity contribution in [3.8, 4) is 16.9 Å². The van der Waals surface area contributed by atoms with Gasteiger partial charge in [-0.05, 0) is 37.6 Å². The Morgan fingerprint density at radius 2 is 1.84 bits per heavy atom. The van der Waals surface area contributed by atoms with E-state index in [1.165, 1.54) is 23.1 Å². The number of anilines is 4. The lowest BCUT2D eigenvalue weighted by molar-refractivity contribution is -0.153. The van der Waals surface area contributed by atoms with Gasteiger partial charge in [-0.25, -0.2) is 4.39 Å². The van der Waals surface area contributed by atoms with Crippen LogP contribution >= 0.6 is 7.14 Å². The van der Waals surface area contributed by atoms with Crippen LogP contribution in [0.15, 0.2) is 61.3 Å². The number of rotatable bonds is 8. The van der Waals surface area contributed by atoms with E-state index in [9.17, 15) is 17.7 Å². The highest BCUT2D eigenvalue weighted by atomic mass is 31.2. The number of halogens is 4. The maximum Gasteiger partial charge on any atom is 0.422 e. The molecule has 0 unspecified atom stereocenters. The first-order chi connectivity index (χ1) is 20.9. The maximum atomic E-state index is 15.1. The zero-order valence-corrected chi connectivity index (χ0v) is 24.3. The number of aryl methyl sites for hydroxylation is 1. The predicted molar refractivity (Wildman–Crippen MR) is 159 cm³/mol. The minimum absolute atomic E-state index is 0.0142. The second kappa shape index (κ2) is 10.9. The summed E-state index contributed by atoms with van der Waals surface area (Å²) >= 11 is 0. The van der Waals surface area contributed by atoms with Gasteiger partial charge in [-0.1, -0.05) is 0 Å². The quantitative estimate of drug-likeness (QED) is 0.135. The van der Waals surface area contributed by atoms with Gasteiger partial charge >= 0.3 is 6.18 Å². The van der Waals surface area contributed by atoms with E-state index in [0.717, 1.165) is 6.07 Å². The van der Waals surface area contributed by atoms with Crippen LogP contribution in [-0.4, -0.2) is 60.8 Å². The Balaban J connectivity index is 1.44. The summed E-state index contributed by atoms with van der Waals surface area (Å²) in [6, 6.07) is 7.36. The number of nitrogens with zero attached hydrogens (tertiary/aromatic N) is 6. The monoisotopic (exact) mass is 625 g/mol. The molecule has 0 atom stereocenters. The Kier molecular flexibility index (Phi) is 7.20. The molecule has 3 N–H and O–H groups in total. The molecule has 0 aliphatic carbocycles. The molecule has 6 rings (SSSR count). The van der Waals surface area contributed by atoms with Gasteiger partial charge in [0.25, 0.3) is 0 Å². The third-order valence-electron chi connectivity index (χ3n) is 6.54. The van der Waals surface area contributed by atoms with E-state index >= 15 is 4.39 Å². The summed E-state index contributed by atoms with van der Waals surface area (Å²) in [7, 11) is -1.25. The Labute approximate surface area is 247 Å². The summed E-state index contributed by atoms with van der Waals surface area (Å²) in [4.78, 5) is 20.7. The molecule has 0 spiro atoms. The third-order valence-corrected chi connectivity index (χ3v) is 8.07. The van der Waals surface area contributed by atoms with Crippen LogP contribution < -0.4 is 20.7 Å². The van der Waals surface area contributed by atoms with Crippen LogP contribution in [0.2, 0.25) is 0 Å². The predicted octanol–water partition coefficient (Wildman–Crippen LogP) is 6.12. The van der Waals surface area contributed by atoms with E-state index in [0.29, 0.717) is 44.4 Å². The lowest BCUT2D eigenvalue weighted by Crippen LogP contribution is -2.19. The van der Waals surface area contributed by atoms with Gasteiger partial charge in [0.2, 0.25) is 5.95 Å². The van der Waals surface area contributed by atoms with Gasteiger partial charge in [0.05, 0.1) is 33.8 Å². The molecule has 6 aromatic rings. The first kappa shape index (κ1) is 29.1. The van der Waals surface area contributed by atoms with Crippen LogP contribution in [0, 0.1) is 5.82 Å². The number of benzene rings is 2. The minimum Gasteiger partial charge on any atom is -0.482 e. The Hall–Kier alpha value is -5.04. The normalized spacial score (nSPS) is 12.2. The standard InChI is InChI=1S/C28H24F4N9O2P/c1-41-13-15(12-36-41)17-10-21(22(11-18(17)29)43-14-28(30,31)32)38-27-39-25-16(6-7-35-25)26(40-27)37-20-5-4-19-23(34-9-8-33-19)24(20)44(2,3)42/h4-13H,14H2,1-3H3,(H3,35,37,38,39,40). The molecule has 16 heteroatoms. The average Bonchev–Trinajstić information content (AvgIpc) is 3.61.